The third-order valence-electron chi connectivity index (χ3n) is 4.40. The first kappa shape index (κ1) is 14.8. The number of furan rings is 1. The Labute approximate surface area is 147 Å². The van der Waals surface area contributed by atoms with Crippen LogP contribution >= 0.6 is 0 Å². The number of aryl methyl sites for hydroxylation is 1. The van der Waals surface area contributed by atoms with E-state index in [0.29, 0.717) is 22.4 Å². The van der Waals surface area contributed by atoms with E-state index in [1.807, 2.05) is 31.2 Å². The highest BCUT2D eigenvalue weighted by Crippen LogP contribution is 2.37. The van der Waals surface area contributed by atoms with Gasteiger partial charge in [0.2, 0.25) is 0 Å². The Morgan fingerprint density at radius 3 is 2.77 bits per heavy atom. The van der Waals surface area contributed by atoms with Gasteiger partial charge in [-0.2, -0.15) is 0 Å². The molecule has 0 amide bonds. The lowest BCUT2D eigenvalue weighted by Gasteiger charge is -2.04. The molecule has 0 radical (unpaired) electrons. The second-order valence-electron chi connectivity index (χ2n) is 6.10. The summed E-state index contributed by atoms with van der Waals surface area (Å²) < 4.78 is 20.4. The van der Waals surface area contributed by atoms with Crippen molar-refractivity contribution in [2.24, 2.45) is 0 Å². The van der Waals surface area contributed by atoms with Crippen molar-refractivity contribution >= 4 is 21.9 Å². The Kier molecular flexibility index (Phi) is 3.12. The summed E-state index contributed by atoms with van der Waals surface area (Å²) in [5.74, 6) is 0.780. The van der Waals surface area contributed by atoms with Crippen molar-refractivity contribution in [1.82, 2.24) is 19.9 Å². The summed E-state index contributed by atoms with van der Waals surface area (Å²) in [6.45, 7) is 1.83. The van der Waals surface area contributed by atoms with Gasteiger partial charge >= 0.3 is 0 Å². The number of nitrogens with one attached hydrogen (secondary N) is 1. The molecule has 26 heavy (non-hydrogen) atoms. The van der Waals surface area contributed by atoms with Gasteiger partial charge in [0, 0.05) is 28.7 Å². The van der Waals surface area contributed by atoms with Gasteiger partial charge in [0.1, 0.15) is 17.2 Å². The first-order valence-corrected chi connectivity index (χ1v) is 8.14. The molecule has 6 heteroatoms. The summed E-state index contributed by atoms with van der Waals surface area (Å²) in [5, 5.41) is 1.52. The Morgan fingerprint density at radius 2 is 2.00 bits per heavy atom. The third-order valence-corrected chi connectivity index (χ3v) is 4.40. The van der Waals surface area contributed by atoms with Crippen molar-refractivity contribution in [2.75, 3.05) is 0 Å². The smallest absolute Gasteiger partial charge is 0.153 e. The van der Waals surface area contributed by atoms with Crippen molar-refractivity contribution in [1.29, 1.82) is 0 Å². The molecule has 0 bridgehead atoms. The third kappa shape index (κ3) is 2.19. The van der Waals surface area contributed by atoms with Crippen molar-refractivity contribution in [3.05, 3.63) is 66.7 Å². The quantitative estimate of drug-likeness (QED) is 0.495. The van der Waals surface area contributed by atoms with E-state index in [1.54, 1.807) is 24.7 Å². The molecule has 5 aromatic rings. The van der Waals surface area contributed by atoms with Gasteiger partial charge in [-0.15, -0.1) is 0 Å². The van der Waals surface area contributed by atoms with E-state index in [4.69, 9.17) is 4.42 Å². The van der Waals surface area contributed by atoms with E-state index in [-0.39, 0.29) is 0 Å². The molecule has 0 fully saturated rings. The molecule has 126 valence electrons. The number of fused-ring (bicyclic) bond motifs is 3. The molecule has 5 nitrogen and oxygen atoms in total. The zero-order valence-electron chi connectivity index (χ0n) is 13.8. The maximum absolute atomic E-state index is 14.7. The van der Waals surface area contributed by atoms with E-state index < -0.39 is 5.82 Å². The summed E-state index contributed by atoms with van der Waals surface area (Å²) in [5.41, 5.74) is 3.43. The van der Waals surface area contributed by atoms with E-state index in [2.05, 4.69) is 19.9 Å². The predicted octanol–water partition coefficient (Wildman–Crippen LogP) is 4.88. The number of hydrogen-bond donors (Lipinski definition) is 1. The average molecular weight is 344 g/mol. The fourth-order valence-corrected chi connectivity index (χ4v) is 3.22. The van der Waals surface area contributed by atoms with Crippen molar-refractivity contribution < 1.29 is 8.81 Å². The summed E-state index contributed by atoms with van der Waals surface area (Å²) in [7, 11) is 0. The molecule has 0 aromatic carbocycles. The molecule has 0 unspecified atom stereocenters. The van der Waals surface area contributed by atoms with Crippen LogP contribution < -0.4 is 0 Å². The minimum Gasteiger partial charge on any atom is -0.461 e. The molecule has 0 spiro atoms. The van der Waals surface area contributed by atoms with E-state index in [1.165, 1.54) is 6.20 Å². The van der Waals surface area contributed by atoms with Crippen LogP contribution in [0.25, 0.3) is 44.5 Å². The minimum absolute atomic E-state index is 0.401. The number of pyridine rings is 3. The van der Waals surface area contributed by atoms with Crippen LogP contribution in [0, 0.1) is 12.7 Å². The first-order chi connectivity index (χ1) is 12.7. The maximum atomic E-state index is 14.7. The molecule has 0 aliphatic rings. The van der Waals surface area contributed by atoms with Crippen LogP contribution in [0.5, 0.6) is 0 Å². The van der Waals surface area contributed by atoms with Crippen molar-refractivity contribution in [3.63, 3.8) is 0 Å². The zero-order chi connectivity index (χ0) is 17.7. The van der Waals surface area contributed by atoms with Gasteiger partial charge in [0.15, 0.2) is 5.82 Å². The van der Waals surface area contributed by atoms with Crippen molar-refractivity contribution in [2.45, 2.75) is 6.92 Å². The summed E-state index contributed by atoms with van der Waals surface area (Å²) in [6, 6.07) is 9.31. The Bertz CT molecular complexity index is 1260. The molecule has 5 aromatic heterocycles. The molecule has 1 N–H and O–H groups in total. The zero-order valence-corrected chi connectivity index (χ0v) is 13.8. The summed E-state index contributed by atoms with van der Waals surface area (Å²) in [6.07, 6.45) is 6.40. The van der Waals surface area contributed by atoms with Crippen LogP contribution in [-0.4, -0.2) is 19.9 Å². The van der Waals surface area contributed by atoms with Crippen LogP contribution in [0.15, 0.2) is 59.5 Å². The normalized spacial score (nSPS) is 11.5. The van der Waals surface area contributed by atoms with E-state index in [9.17, 15) is 4.39 Å². The molecule has 0 aliphatic carbocycles. The number of rotatable bonds is 2. The number of hydrogen-bond acceptors (Lipinski definition) is 4. The van der Waals surface area contributed by atoms with Gasteiger partial charge in [-0.05, 0) is 37.3 Å². The number of halogens is 1. The number of aromatic nitrogens is 4. The van der Waals surface area contributed by atoms with Crippen LogP contribution in [0.2, 0.25) is 0 Å². The Balaban J connectivity index is 1.86. The molecule has 5 heterocycles. The largest absolute Gasteiger partial charge is 0.461 e. The monoisotopic (exact) mass is 344 g/mol. The SMILES string of the molecule is Cc1ccc(-c2c(F)cnc3[nH]c4cnc(-c5cccnc5)cc4c23)o1. The van der Waals surface area contributed by atoms with Gasteiger partial charge in [0.25, 0.3) is 0 Å². The number of nitrogens with zero attached hydrogens (tertiary/aromatic N) is 3. The van der Waals surface area contributed by atoms with Crippen LogP contribution in [-0.2, 0) is 0 Å². The van der Waals surface area contributed by atoms with Gasteiger partial charge in [0.05, 0.1) is 29.2 Å². The fourth-order valence-electron chi connectivity index (χ4n) is 3.22. The number of aromatic amines is 1. The standard InChI is InChI=1S/C20H13FN4O/c1-11-4-5-17(26-11)19-14(21)9-24-20-18(19)13-7-15(23-10-16(13)25-20)12-3-2-6-22-8-12/h2-10H,1H3,(H,24,25). The van der Waals surface area contributed by atoms with Gasteiger partial charge in [-0.3, -0.25) is 9.97 Å². The Hall–Kier alpha value is -3.54. The average Bonchev–Trinajstić information content (AvgIpc) is 3.25. The first-order valence-electron chi connectivity index (χ1n) is 8.14. The van der Waals surface area contributed by atoms with Crippen molar-refractivity contribution in [3.8, 4) is 22.6 Å². The molecule has 0 atom stereocenters. The maximum Gasteiger partial charge on any atom is 0.153 e. The van der Waals surface area contributed by atoms with Crippen LogP contribution in [0.1, 0.15) is 5.76 Å². The van der Waals surface area contributed by atoms with Gasteiger partial charge in [-0.25, -0.2) is 9.37 Å². The topological polar surface area (TPSA) is 67.6 Å². The highest BCUT2D eigenvalue weighted by Gasteiger charge is 2.19. The summed E-state index contributed by atoms with van der Waals surface area (Å²) in [4.78, 5) is 16.0. The molecular weight excluding hydrogens is 331 g/mol. The molecule has 0 aliphatic heterocycles. The lowest BCUT2D eigenvalue weighted by atomic mass is 10.1. The summed E-state index contributed by atoms with van der Waals surface area (Å²) >= 11 is 0. The van der Waals surface area contributed by atoms with Crippen LogP contribution in [0.3, 0.4) is 0 Å². The van der Waals surface area contributed by atoms with E-state index in [0.717, 1.165) is 27.9 Å². The second kappa shape index (κ2) is 5.49. The fraction of sp³-hybridized carbons (Fsp3) is 0.0500. The van der Waals surface area contributed by atoms with E-state index >= 15 is 0 Å². The molecular formula is C20H13FN4O. The lowest BCUT2D eigenvalue weighted by molar-refractivity contribution is 0.541. The van der Waals surface area contributed by atoms with Gasteiger partial charge in [-0.1, -0.05) is 0 Å². The second-order valence-corrected chi connectivity index (χ2v) is 6.10. The molecule has 0 saturated carbocycles. The minimum atomic E-state index is -0.424. The highest BCUT2D eigenvalue weighted by molar-refractivity contribution is 6.13. The Morgan fingerprint density at radius 1 is 1.08 bits per heavy atom. The van der Waals surface area contributed by atoms with Gasteiger partial charge < -0.3 is 9.40 Å². The predicted molar refractivity (Wildman–Crippen MR) is 97.0 cm³/mol. The molecule has 0 saturated heterocycles. The van der Waals surface area contributed by atoms with Crippen LogP contribution in [0.4, 0.5) is 4.39 Å². The highest BCUT2D eigenvalue weighted by atomic mass is 19.1. The number of H-pyrrole nitrogens is 1. The molecule has 5 rings (SSSR count). The lowest BCUT2D eigenvalue weighted by Crippen LogP contribution is -1.88.